The van der Waals surface area contributed by atoms with Gasteiger partial charge in [0.05, 0.1) is 31.1 Å². The third-order valence-electron chi connectivity index (χ3n) is 7.95. The number of carbonyl (C=O) groups is 1. The van der Waals surface area contributed by atoms with E-state index in [1.165, 1.54) is 4.90 Å². The molecule has 1 unspecified atom stereocenters. The maximum absolute atomic E-state index is 12.8. The van der Waals surface area contributed by atoms with E-state index in [-0.39, 0.29) is 17.4 Å². The van der Waals surface area contributed by atoms with Crippen LogP contribution in [-0.4, -0.2) is 50.2 Å². The van der Waals surface area contributed by atoms with Gasteiger partial charge in [-0.15, -0.1) is 0 Å². The minimum absolute atomic E-state index is 0.104. The van der Waals surface area contributed by atoms with Gasteiger partial charge in [-0.3, -0.25) is 0 Å². The van der Waals surface area contributed by atoms with Crippen molar-refractivity contribution < 1.29 is 19.5 Å². The van der Waals surface area contributed by atoms with E-state index in [9.17, 15) is 9.90 Å². The molecule has 2 aliphatic rings. The molecule has 1 aliphatic carbocycles. The number of benzene rings is 4. The van der Waals surface area contributed by atoms with Crippen molar-refractivity contribution in [2.24, 2.45) is 0 Å². The van der Waals surface area contributed by atoms with Gasteiger partial charge in [0.1, 0.15) is 28.9 Å². The smallest absolute Gasteiger partial charge is 0.137 e. The molecule has 7 heteroatoms. The van der Waals surface area contributed by atoms with Crippen molar-refractivity contribution in [1.82, 2.24) is 9.97 Å². The standard InChI is InChI=1S/C34H28N4O3/c1-37(2)19-13-15-25-27(17-19)41-28-18-20(38(3)4)14-16-26(28)29(25)32-33(34(39)40)36-31-24-12-8-6-10-22(24)21-9-5-7-11-23(21)30(31)35-32/h5-19H,1-4H3,(H,39,40). The summed E-state index contributed by atoms with van der Waals surface area (Å²) in [6, 6.07) is 22.0. The topological polar surface area (TPSA) is 82.8 Å². The number of nitrogens with one attached hydrogen (secondary N) is 1. The van der Waals surface area contributed by atoms with Crippen molar-refractivity contribution in [2.45, 2.75) is 6.04 Å². The largest absolute Gasteiger partial charge is 0.543 e. The molecule has 0 spiro atoms. The average Bonchev–Trinajstić information content (AvgIpc) is 2.98. The van der Waals surface area contributed by atoms with E-state index >= 15 is 0 Å². The fraction of sp³-hybridized carbons (Fsp3) is 0.147. The lowest BCUT2D eigenvalue weighted by molar-refractivity contribution is -0.871. The lowest BCUT2D eigenvalue weighted by atomic mass is 9.88. The number of hydrogen-bond acceptors (Lipinski definition) is 6. The molecule has 0 fully saturated rings. The minimum atomic E-state index is -1.38. The van der Waals surface area contributed by atoms with E-state index < -0.39 is 5.97 Å². The number of aromatic carboxylic acids is 1. The van der Waals surface area contributed by atoms with Gasteiger partial charge in [-0.2, -0.15) is 0 Å². The SMILES string of the molecule is CN(C)c1ccc2c(c1)OC1=CC([NH+](C)C)C=CC1=C2c1nc2c3ccccc3c3ccccc3c2nc1C(=O)[O-]. The molecular weight excluding hydrogens is 512 g/mol. The third-order valence-corrected chi connectivity index (χ3v) is 7.95. The summed E-state index contributed by atoms with van der Waals surface area (Å²) in [7, 11) is 8.11. The quantitative estimate of drug-likeness (QED) is 0.352. The molecule has 0 amide bonds. The van der Waals surface area contributed by atoms with Gasteiger partial charge in [-0.1, -0.05) is 48.5 Å². The van der Waals surface area contributed by atoms with Crippen molar-refractivity contribution in [3.63, 3.8) is 0 Å². The van der Waals surface area contributed by atoms with Crippen LogP contribution in [0.25, 0.3) is 38.2 Å². The fourth-order valence-corrected chi connectivity index (χ4v) is 5.82. The highest BCUT2D eigenvalue weighted by Crippen LogP contribution is 2.45. The van der Waals surface area contributed by atoms with E-state index in [1.807, 2.05) is 85.7 Å². The molecule has 1 N–H and O–H groups in total. The van der Waals surface area contributed by atoms with E-state index in [0.29, 0.717) is 28.1 Å². The molecule has 2 heterocycles. The van der Waals surface area contributed by atoms with Crippen molar-refractivity contribution in [1.29, 1.82) is 0 Å². The number of carbonyl (C=O) groups excluding carboxylic acids is 1. The van der Waals surface area contributed by atoms with Crippen LogP contribution in [0.15, 0.2) is 96.3 Å². The van der Waals surface area contributed by atoms with Crippen LogP contribution in [0.2, 0.25) is 0 Å². The molecule has 0 bridgehead atoms. The predicted octanol–water partition coefficient (Wildman–Crippen LogP) is 3.53. The van der Waals surface area contributed by atoms with Gasteiger partial charge in [0.25, 0.3) is 0 Å². The number of quaternary nitrogens is 1. The molecular formula is C34H28N4O3. The number of carboxylic acids is 1. The van der Waals surface area contributed by atoms with Crippen molar-refractivity contribution >= 4 is 49.8 Å². The lowest BCUT2D eigenvalue weighted by Crippen LogP contribution is -3.09. The summed E-state index contributed by atoms with van der Waals surface area (Å²) in [6.45, 7) is 0. The zero-order valence-electron chi connectivity index (χ0n) is 23.2. The Kier molecular flexibility index (Phi) is 5.66. The molecule has 4 aromatic carbocycles. The molecule has 1 aromatic heterocycles. The van der Waals surface area contributed by atoms with Crippen LogP contribution in [-0.2, 0) is 0 Å². The van der Waals surface area contributed by atoms with Gasteiger partial charge in [0, 0.05) is 59.4 Å². The molecule has 0 saturated heterocycles. The first-order valence-corrected chi connectivity index (χ1v) is 13.6. The summed E-state index contributed by atoms with van der Waals surface area (Å²) in [5, 5.41) is 16.5. The zero-order chi connectivity index (χ0) is 28.4. The van der Waals surface area contributed by atoms with Crippen LogP contribution in [0, 0.1) is 0 Å². The summed E-state index contributed by atoms with van der Waals surface area (Å²) < 4.78 is 6.48. The van der Waals surface area contributed by atoms with Gasteiger partial charge in [-0.05, 0) is 35.1 Å². The molecule has 5 aromatic rings. The van der Waals surface area contributed by atoms with E-state index in [1.54, 1.807) is 0 Å². The number of aromatic nitrogens is 2. The first-order chi connectivity index (χ1) is 19.8. The maximum Gasteiger partial charge on any atom is 0.137 e. The van der Waals surface area contributed by atoms with E-state index in [4.69, 9.17) is 14.7 Å². The van der Waals surface area contributed by atoms with Gasteiger partial charge in [-0.25, -0.2) is 9.97 Å². The number of nitrogens with zero attached hydrogens (tertiary/aromatic N) is 3. The Balaban J connectivity index is 1.61. The predicted molar refractivity (Wildman–Crippen MR) is 160 cm³/mol. The second kappa shape index (κ2) is 9.28. The molecule has 202 valence electrons. The maximum atomic E-state index is 12.8. The Morgan fingerprint density at radius 3 is 2.15 bits per heavy atom. The number of anilines is 1. The minimum Gasteiger partial charge on any atom is -0.543 e. The molecule has 7 rings (SSSR count). The Bertz CT molecular complexity index is 2020. The Labute approximate surface area is 237 Å². The van der Waals surface area contributed by atoms with Crippen LogP contribution >= 0.6 is 0 Å². The summed E-state index contributed by atoms with van der Waals surface area (Å²) in [6.07, 6.45) is 6.19. The number of hydrogen-bond donors (Lipinski definition) is 1. The van der Waals surface area contributed by atoms with E-state index in [0.717, 1.165) is 38.4 Å². The highest BCUT2D eigenvalue weighted by molar-refractivity contribution is 6.23. The lowest BCUT2D eigenvalue weighted by Gasteiger charge is -2.30. The number of allylic oxidation sites excluding steroid dienone is 1. The molecule has 0 saturated carbocycles. The van der Waals surface area contributed by atoms with Gasteiger partial charge in [0.2, 0.25) is 0 Å². The number of likely N-dealkylation sites (N-methyl/N-ethyl adjacent to an activating group) is 1. The first-order valence-electron chi connectivity index (χ1n) is 13.6. The Hall–Kier alpha value is -5.01. The van der Waals surface area contributed by atoms with Gasteiger partial charge in [0.15, 0.2) is 0 Å². The van der Waals surface area contributed by atoms with Gasteiger partial charge >= 0.3 is 0 Å². The van der Waals surface area contributed by atoms with Crippen LogP contribution in [0.4, 0.5) is 5.69 Å². The monoisotopic (exact) mass is 540 g/mol. The third kappa shape index (κ3) is 3.89. The van der Waals surface area contributed by atoms with Crippen LogP contribution < -0.4 is 19.6 Å². The van der Waals surface area contributed by atoms with Crippen molar-refractivity contribution in [2.75, 3.05) is 33.1 Å². The normalized spacial score (nSPS) is 16.1. The zero-order valence-corrected chi connectivity index (χ0v) is 23.2. The first kappa shape index (κ1) is 25.0. The molecule has 1 atom stereocenters. The van der Waals surface area contributed by atoms with E-state index in [2.05, 4.69) is 32.3 Å². The second-order valence-corrected chi connectivity index (χ2v) is 11.0. The van der Waals surface area contributed by atoms with Crippen LogP contribution in [0.3, 0.4) is 0 Å². The van der Waals surface area contributed by atoms with Gasteiger partial charge < -0.3 is 24.4 Å². The van der Waals surface area contributed by atoms with Crippen molar-refractivity contribution in [3.05, 3.63) is 113 Å². The number of ether oxygens (including phenoxy) is 1. The molecule has 1 aliphatic heterocycles. The summed E-state index contributed by atoms with van der Waals surface area (Å²) in [4.78, 5) is 25.9. The summed E-state index contributed by atoms with van der Waals surface area (Å²) >= 11 is 0. The Morgan fingerprint density at radius 1 is 0.902 bits per heavy atom. The number of rotatable bonds is 4. The highest BCUT2D eigenvalue weighted by Gasteiger charge is 2.32. The van der Waals surface area contributed by atoms with Crippen molar-refractivity contribution in [3.8, 4) is 5.75 Å². The highest BCUT2D eigenvalue weighted by atomic mass is 16.5. The molecule has 41 heavy (non-hydrogen) atoms. The molecule has 7 nitrogen and oxygen atoms in total. The van der Waals surface area contributed by atoms with Crippen LogP contribution in [0.1, 0.15) is 21.7 Å². The molecule has 0 radical (unpaired) electrons. The summed E-state index contributed by atoms with van der Waals surface area (Å²) in [5.74, 6) is -0.0659. The number of fused-ring (bicyclic) bond motifs is 8. The summed E-state index contributed by atoms with van der Waals surface area (Å²) in [5.41, 5.74) is 4.41. The van der Waals surface area contributed by atoms with Crippen LogP contribution in [0.5, 0.6) is 5.75 Å². The fourth-order valence-electron chi connectivity index (χ4n) is 5.82. The second-order valence-electron chi connectivity index (χ2n) is 11.0. The Morgan fingerprint density at radius 2 is 1.54 bits per heavy atom. The average molecular weight is 541 g/mol. The number of carboxylic acid groups (broad SMARTS) is 1.